The van der Waals surface area contributed by atoms with E-state index in [1.54, 1.807) is 11.0 Å². The average molecular weight is 367 g/mol. The number of aromatic nitrogens is 2. The fourth-order valence-electron chi connectivity index (χ4n) is 2.81. The highest BCUT2D eigenvalue weighted by Crippen LogP contribution is 2.23. The van der Waals surface area contributed by atoms with Crippen LogP contribution in [0, 0.1) is 11.7 Å². The highest BCUT2D eigenvalue weighted by molar-refractivity contribution is 7.91. The molecule has 0 saturated carbocycles. The first-order valence-electron chi connectivity index (χ1n) is 7.96. The molecule has 1 aromatic carbocycles. The highest BCUT2D eigenvalue weighted by atomic mass is 32.2. The molecule has 7 nitrogen and oxygen atoms in total. The molecule has 1 aliphatic heterocycles. The van der Waals surface area contributed by atoms with Crippen LogP contribution >= 0.6 is 0 Å². The highest BCUT2D eigenvalue weighted by Gasteiger charge is 2.30. The van der Waals surface area contributed by atoms with Crippen molar-refractivity contribution in [3.05, 3.63) is 30.1 Å². The van der Waals surface area contributed by atoms with Crippen molar-refractivity contribution in [2.45, 2.75) is 25.0 Å². The minimum Gasteiger partial charge on any atom is -0.408 e. The van der Waals surface area contributed by atoms with E-state index in [0.717, 1.165) is 12.8 Å². The van der Waals surface area contributed by atoms with E-state index in [9.17, 15) is 17.6 Å². The zero-order chi connectivity index (χ0) is 18.0. The monoisotopic (exact) mass is 367 g/mol. The third-order valence-corrected chi connectivity index (χ3v) is 5.42. The molecule has 0 spiro atoms. The Morgan fingerprint density at radius 3 is 2.84 bits per heavy atom. The average Bonchev–Trinajstić information content (AvgIpc) is 3.05. The Kier molecular flexibility index (Phi) is 4.85. The van der Waals surface area contributed by atoms with E-state index in [0.29, 0.717) is 19.0 Å². The van der Waals surface area contributed by atoms with Crippen molar-refractivity contribution < 1.29 is 22.0 Å². The Balaban J connectivity index is 1.77. The second kappa shape index (κ2) is 6.91. The lowest BCUT2D eigenvalue weighted by molar-refractivity contribution is -0.130. The number of halogens is 1. The summed E-state index contributed by atoms with van der Waals surface area (Å²) in [7, 11) is -4.08. The molecule has 1 atom stereocenters. The summed E-state index contributed by atoms with van der Waals surface area (Å²) >= 11 is 0. The van der Waals surface area contributed by atoms with Crippen LogP contribution < -0.4 is 0 Å². The van der Waals surface area contributed by atoms with Gasteiger partial charge in [0, 0.05) is 13.1 Å². The number of hydrogen-bond donors (Lipinski definition) is 0. The van der Waals surface area contributed by atoms with Gasteiger partial charge in [-0.25, -0.2) is 12.8 Å². The van der Waals surface area contributed by atoms with Crippen molar-refractivity contribution in [1.82, 2.24) is 15.1 Å². The van der Waals surface area contributed by atoms with Crippen LogP contribution in [0.25, 0.3) is 11.5 Å². The molecule has 25 heavy (non-hydrogen) atoms. The third kappa shape index (κ3) is 3.87. The zero-order valence-electron chi connectivity index (χ0n) is 13.7. The fourth-order valence-corrected chi connectivity index (χ4v) is 3.81. The van der Waals surface area contributed by atoms with Gasteiger partial charge < -0.3 is 9.32 Å². The maximum Gasteiger partial charge on any atom is 0.336 e. The number of hydrogen-bond acceptors (Lipinski definition) is 6. The first kappa shape index (κ1) is 17.5. The molecule has 0 bridgehead atoms. The van der Waals surface area contributed by atoms with Gasteiger partial charge in [0.2, 0.25) is 15.7 Å². The van der Waals surface area contributed by atoms with Gasteiger partial charge in [-0.3, -0.25) is 4.79 Å². The van der Waals surface area contributed by atoms with Crippen LogP contribution in [-0.4, -0.2) is 48.3 Å². The van der Waals surface area contributed by atoms with Gasteiger partial charge in [-0.2, -0.15) is 0 Å². The summed E-state index contributed by atoms with van der Waals surface area (Å²) in [5.74, 6) is -1.73. The predicted molar refractivity (Wildman–Crippen MR) is 86.7 cm³/mol. The smallest absolute Gasteiger partial charge is 0.336 e. The SMILES string of the molecule is CC1CCCN(C(=O)CS(=O)(=O)c2nnc(-c3ccccc3F)o2)C1. The van der Waals surface area contributed by atoms with Gasteiger partial charge in [-0.15, -0.1) is 5.10 Å². The Labute approximate surface area is 144 Å². The summed E-state index contributed by atoms with van der Waals surface area (Å²) in [4.78, 5) is 13.8. The minimum atomic E-state index is -4.08. The number of nitrogens with zero attached hydrogens (tertiary/aromatic N) is 3. The molecule has 134 valence electrons. The third-order valence-electron chi connectivity index (χ3n) is 4.10. The molecule has 1 aliphatic rings. The Morgan fingerprint density at radius 1 is 1.36 bits per heavy atom. The predicted octanol–water partition coefficient (Wildman–Crippen LogP) is 1.91. The molecule has 0 aliphatic carbocycles. The van der Waals surface area contributed by atoms with Gasteiger partial charge in [0.15, 0.2) is 0 Å². The van der Waals surface area contributed by atoms with E-state index in [1.807, 2.05) is 6.92 Å². The molecule has 2 heterocycles. The van der Waals surface area contributed by atoms with E-state index in [2.05, 4.69) is 10.2 Å². The molecule has 1 fully saturated rings. The number of carbonyl (C=O) groups excluding carboxylic acids is 1. The standard InChI is InChI=1S/C16H18FN3O4S/c1-11-5-4-8-20(9-11)14(21)10-25(22,23)16-19-18-15(24-16)12-6-2-3-7-13(12)17/h2-3,6-7,11H,4-5,8-10H2,1H3. The van der Waals surface area contributed by atoms with Gasteiger partial charge in [0.1, 0.15) is 11.6 Å². The lowest BCUT2D eigenvalue weighted by Gasteiger charge is -2.30. The van der Waals surface area contributed by atoms with Crippen LogP contribution in [0.4, 0.5) is 4.39 Å². The summed E-state index contributed by atoms with van der Waals surface area (Å²) in [5, 5.41) is 6.38. The van der Waals surface area contributed by atoms with Crippen molar-refractivity contribution in [3.63, 3.8) is 0 Å². The lowest BCUT2D eigenvalue weighted by Crippen LogP contribution is -2.42. The van der Waals surface area contributed by atoms with Crippen LogP contribution in [0.5, 0.6) is 0 Å². The zero-order valence-corrected chi connectivity index (χ0v) is 14.5. The van der Waals surface area contributed by atoms with E-state index in [4.69, 9.17) is 4.42 Å². The molecule has 9 heteroatoms. The molecule has 0 radical (unpaired) electrons. The van der Waals surface area contributed by atoms with Gasteiger partial charge in [-0.05, 0) is 30.9 Å². The topological polar surface area (TPSA) is 93.4 Å². The van der Waals surface area contributed by atoms with Crippen LogP contribution in [-0.2, 0) is 14.6 Å². The molecular weight excluding hydrogens is 349 g/mol. The molecular formula is C16H18FN3O4S. The van der Waals surface area contributed by atoms with E-state index in [-0.39, 0.29) is 11.5 Å². The number of carbonyl (C=O) groups is 1. The second-order valence-corrected chi connectivity index (χ2v) is 8.07. The first-order chi connectivity index (χ1) is 11.9. The summed E-state index contributed by atoms with van der Waals surface area (Å²) in [6.45, 7) is 3.11. The number of piperidine rings is 1. The van der Waals surface area contributed by atoms with Crippen LogP contribution in [0.1, 0.15) is 19.8 Å². The maximum absolute atomic E-state index is 13.7. The van der Waals surface area contributed by atoms with Crippen molar-refractivity contribution in [2.24, 2.45) is 5.92 Å². The summed E-state index contributed by atoms with van der Waals surface area (Å²) in [5.41, 5.74) is 0.00707. The number of sulfone groups is 1. The molecule has 1 aromatic heterocycles. The van der Waals surface area contributed by atoms with Gasteiger partial charge in [-0.1, -0.05) is 24.2 Å². The van der Waals surface area contributed by atoms with Crippen molar-refractivity contribution in [3.8, 4) is 11.5 Å². The van der Waals surface area contributed by atoms with Crippen molar-refractivity contribution in [2.75, 3.05) is 18.8 Å². The van der Waals surface area contributed by atoms with Gasteiger partial charge in [0.25, 0.3) is 5.89 Å². The normalized spacial score (nSPS) is 18.3. The molecule has 0 N–H and O–H groups in total. The molecule has 3 rings (SSSR count). The van der Waals surface area contributed by atoms with E-state index >= 15 is 0 Å². The van der Waals surface area contributed by atoms with Gasteiger partial charge >= 0.3 is 5.22 Å². The van der Waals surface area contributed by atoms with E-state index in [1.165, 1.54) is 18.2 Å². The van der Waals surface area contributed by atoms with Crippen molar-refractivity contribution >= 4 is 15.7 Å². The number of likely N-dealkylation sites (tertiary alicyclic amines) is 1. The Bertz CT molecular complexity index is 881. The van der Waals surface area contributed by atoms with Crippen LogP contribution in [0.15, 0.2) is 33.9 Å². The first-order valence-corrected chi connectivity index (χ1v) is 9.61. The van der Waals surface area contributed by atoms with Crippen LogP contribution in [0.2, 0.25) is 0 Å². The molecule has 1 unspecified atom stereocenters. The number of rotatable bonds is 4. The number of benzene rings is 1. The second-order valence-electron chi connectivity index (χ2n) is 6.20. The van der Waals surface area contributed by atoms with Crippen molar-refractivity contribution in [1.29, 1.82) is 0 Å². The minimum absolute atomic E-state index is 0.00707. The largest absolute Gasteiger partial charge is 0.408 e. The summed E-state index contributed by atoms with van der Waals surface area (Å²) < 4.78 is 43.6. The summed E-state index contributed by atoms with van der Waals surface area (Å²) in [6.07, 6.45) is 1.87. The molecule has 1 saturated heterocycles. The van der Waals surface area contributed by atoms with Gasteiger partial charge in [0.05, 0.1) is 5.56 Å². The maximum atomic E-state index is 13.7. The lowest BCUT2D eigenvalue weighted by atomic mass is 10.0. The fraction of sp³-hybridized carbons (Fsp3) is 0.438. The quantitative estimate of drug-likeness (QED) is 0.819. The number of amides is 1. The Morgan fingerprint density at radius 2 is 2.12 bits per heavy atom. The van der Waals surface area contributed by atoms with E-state index < -0.39 is 32.5 Å². The Hall–Kier alpha value is -2.29. The summed E-state index contributed by atoms with van der Waals surface area (Å²) in [6, 6.07) is 5.66. The molecule has 2 aromatic rings. The van der Waals surface area contributed by atoms with Crippen LogP contribution in [0.3, 0.4) is 0 Å². The molecule has 1 amide bonds.